The molecule has 0 aliphatic carbocycles. The van der Waals surface area contributed by atoms with Crippen LogP contribution in [0.1, 0.15) is 17.0 Å². The smallest absolute Gasteiger partial charge is 0.124 e. The van der Waals surface area contributed by atoms with E-state index in [-0.39, 0.29) is 5.82 Å². The fraction of sp³-hybridized carbons (Fsp3) is 0.250. The number of hydrogen-bond donors (Lipinski definition) is 1. The van der Waals surface area contributed by atoms with Crippen LogP contribution in [0.15, 0.2) is 53.0 Å². The van der Waals surface area contributed by atoms with Crippen LogP contribution in [0.25, 0.3) is 0 Å². The van der Waals surface area contributed by atoms with Crippen molar-refractivity contribution in [1.82, 2.24) is 5.32 Å². The highest BCUT2D eigenvalue weighted by molar-refractivity contribution is 9.10. The maximum atomic E-state index is 13.1. The Labute approximate surface area is 122 Å². The molecule has 0 spiro atoms. The third kappa shape index (κ3) is 3.88. The number of rotatable bonds is 5. The number of nitrogens with one attached hydrogen (secondary N) is 1. The zero-order valence-electron chi connectivity index (χ0n) is 10.9. The molecule has 1 unspecified atom stereocenters. The van der Waals surface area contributed by atoms with Gasteiger partial charge in [0, 0.05) is 16.9 Å². The summed E-state index contributed by atoms with van der Waals surface area (Å²) in [5, 5.41) is 3.23. The molecule has 1 atom stereocenters. The van der Waals surface area contributed by atoms with Crippen LogP contribution in [-0.2, 0) is 6.42 Å². The van der Waals surface area contributed by atoms with Gasteiger partial charge in [0.15, 0.2) is 0 Å². The highest BCUT2D eigenvalue weighted by Crippen LogP contribution is 2.25. The van der Waals surface area contributed by atoms with E-state index in [2.05, 4.69) is 45.5 Å². The van der Waals surface area contributed by atoms with Gasteiger partial charge in [-0.1, -0.05) is 52.3 Å². The van der Waals surface area contributed by atoms with Crippen molar-refractivity contribution >= 4 is 15.9 Å². The van der Waals surface area contributed by atoms with Gasteiger partial charge in [-0.15, -0.1) is 0 Å². The molecule has 0 bridgehead atoms. The molecule has 19 heavy (non-hydrogen) atoms. The number of halogens is 2. The normalized spacial score (nSPS) is 12.4. The molecule has 0 radical (unpaired) electrons. The van der Waals surface area contributed by atoms with E-state index in [0.717, 1.165) is 23.0 Å². The SMILES string of the molecule is CNCC(Cc1ccc(F)cc1Br)c1ccccc1. The summed E-state index contributed by atoms with van der Waals surface area (Å²) in [6.07, 6.45) is 0.881. The van der Waals surface area contributed by atoms with Crippen LogP contribution in [0.4, 0.5) is 4.39 Å². The summed E-state index contributed by atoms with van der Waals surface area (Å²) in [4.78, 5) is 0. The van der Waals surface area contributed by atoms with Gasteiger partial charge in [-0.2, -0.15) is 0 Å². The summed E-state index contributed by atoms with van der Waals surface area (Å²) in [5.41, 5.74) is 2.43. The van der Waals surface area contributed by atoms with Crippen molar-refractivity contribution in [2.45, 2.75) is 12.3 Å². The molecule has 0 saturated heterocycles. The minimum Gasteiger partial charge on any atom is -0.319 e. The standard InChI is InChI=1S/C16H17BrFN/c1-19-11-14(12-5-3-2-4-6-12)9-13-7-8-15(18)10-16(13)17/h2-8,10,14,19H,9,11H2,1H3. The third-order valence-corrected chi connectivity index (χ3v) is 3.94. The van der Waals surface area contributed by atoms with E-state index in [1.54, 1.807) is 0 Å². The molecule has 100 valence electrons. The molecule has 1 N–H and O–H groups in total. The Morgan fingerprint density at radius 2 is 1.89 bits per heavy atom. The van der Waals surface area contributed by atoms with Gasteiger partial charge in [0.1, 0.15) is 5.82 Å². The van der Waals surface area contributed by atoms with E-state index in [4.69, 9.17) is 0 Å². The van der Waals surface area contributed by atoms with Crippen molar-refractivity contribution in [3.63, 3.8) is 0 Å². The monoisotopic (exact) mass is 321 g/mol. The minimum atomic E-state index is -0.208. The average Bonchev–Trinajstić information content (AvgIpc) is 2.42. The van der Waals surface area contributed by atoms with Crippen molar-refractivity contribution in [2.24, 2.45) is 0 Å². The predicted octanol–water partition coefficient (Wildman–Crippen LogP) is 4.13. The summed E-state index contributed by atoms with van der Waals surface area (Å²) in [7, 11) is 1.95. The lowest BCUT2D eigenvalue weighted by molar-refractivity contribution is 0.613. The van der Waals surface area contributed by atoms with Gasteiger partial charge in [0.05, 0.1) is 0 Å². The Morgan fingerprint density at radius 1 is 1.16 bits per heavy atom. The van der Waals surface area contributed by atoms with Crippen LogP contribution in [-0.4, -0.2) is 13.6 Å². The first kappa shape index (κ1) is 14.2. The maximum Gasteiger partial charge on any atom is 0.124 e. The van der Waals surface area contributed by atoms with E-state index in [1.807, 2.05) is 19.2 Å². The zero-order valence-corrected chi connectivity index (χ0v) is 12.5. The fourth-order valence-corrected chi connectivity index (χ4v) is 2.74. The number of likely N-dealkylation sites (N-methyl/N-ethyl adjacent to an activating group) is 1. The highest BCUT2D eigenvalue weighted by atomic mass is 79.9. The molecule has 0 aliphatic heterocycles. The van der Waals surface area contributed by atoms with Gasteiger partial charge >= 0.3 is 0 Å². The first-order valence-electron chi connectivity index (χ1n) is 6.34. The largest absolute Gasteiger partial charge is 0.319 e. The second kappa shape index (κ2) is 6.83. The van der Waals surface area contributed by atoms with Crippen molar-refractivity contribution in [1.29, 1.82) is 0 Å². The summed E-state index contributed by atoms with van der Waals surface area (Å²) in [5.74, 6) is 0.175. The second-order valence-corrected chi connectivity index (χ2v) is 5.46. The molecule has 0 heterocycles. The van der Waals surface area contributed by atoms with Crippen molar-refractivity contribution in [3.05, 3.63) is 69.9 Å². The van der Waals surface area contributed by atoms with E-state index in [9.17, 15) is 4.39 Å². The minimum absolute atomic E-state index is 0.208. The van der Waals surface area contributed by atoms with Gasteiger partial charge in [-0.05, 0) is 36.7 Å². The van der Waals surface area contributed by atoms with E-state index in [1.165, 1.54) is 17.7 Å². The third-order valence-electron chi connectivity index (χ3n) is 3.20. The van der Waals surface area contributed by atoms with Gasteiger partial charge in [-0.3, -0.25) is 0 Å². The molecule has 0 aliphatic rings. The summed E-state index contributed by atoms with van der Waals surface area (Å²) in [6, 6.07) is 15.3. The summed E-state index contributed by atoms with van der Waals surface area (Å²) >= 11 is 3.44. The highest BCUT2D eigenvalue weighted by Gasteiger charge is 2.13. The predicted molar refractivity (Wildman–Crippen MR) is 80.9 cm³/mol. The van der Waals surface area contributed by atoms with Crippen molar-refractivity contribution in [3.8, 4) is 0 Å². The molecule has 0 saturated carbocycles. The van der Waals surface area contributed by atoms with Gasteiger partial charge < -0.3 is 5.32 Å². The van der Waals surface area contributed by atoms with Gasteiger partial charge in [0.25, 0.3) is 0 Å². The lowest BCUT2D eigenvalue weighted by Gasteiger charge is -2.18. The fourth-order valence-electron chi connectivity index (χ4n) is 2.23. The lowest BCUT2D eigenvalue weighted by Crippen LogP contribution is -2.19. The van der Waals surface area contributed by atoms with Crippen LogP contribution in [0.3, 0.4) is 0 Å². The molecular formula is C16H17BrFN. The van der Waals surface area contributed by atoms with Crippen molar-refractivity contribution in [2.75, 3.05) is 13.6 Å². The molecule has 0 amide bonds. The van der Waals surface area contributed by atoms with E-state index >= 15 is 0 Å². The van der Waals surface area contributed by atoms with E-state index < -0.39 is 0 Å². The van der Waals surface area contributed by atoms with Crippen LogP contribution in [0, 0.1) is 5.82 Å². The summed E-state index contributed by atoms with van der Waals surface area (Å²) < 4.78 is 14.0. The maximum absolute atomic E-state index is 13.1. The molecule has 2 aromatic carbocycles. The Hall–Kier alpha value is -1.19. The summed E-state index contributed by atoms with van der Waals surface area (Å²) in [6.45, 7) is 0.897. The molecular weight excluding hydrogens is 305 g/mol. The Kier molecular flexibility index (Phi) is 5.11. The quantitative estimate of drug-likeness (QED) is 0.873. The topological polar surface area (TPSA) is 12.0 Å². The number of benzene rings is 2. The molecule has 0 aromatic heterocycles. The van der Waals surface area contributed by atoms with Crippen LogP contribution >= 0.6 is 15.9 Å². The Morgan fingerprint density at radius 3 is 2.53 bits per heavy atom. The zero-order chi connectivity index (χ0) is 13.7. The molecule has 1 nitrogen and oxygen atoms in total. The number of hydrogen-bond acceptors (Lipinski definition) is 1. The van der Waals surface area contributed by atoms with Gasteiger partial charge in [0.2, 0.25) is 0 Å². The first-order valence-corrected chi connectivity index (χ1v) is 7.13. The van der Waals surface area contributed by atoms with E-state index in [0.29, 0.717) is 5.92 Å². The Bertz CT molecular complexity index is 528. The lowest BCUT2D eigenvalue weighted by atomic mass is 9.92. The molecule has 0 fully saturated rings. The first-order chi connectivity index (χ1) is 9.20. The van der Waals surface area contributed by atoms with Crippen LogP contribution in [0.5, 0.6) is 0 Å². The van der Waals surface area contributed by atoms with Crippen molar-refractivity contribution < 1.29 is 4.39 Å². The molecule has 2 rings (SSSR count). The van der Waals surface area contributed by atoms with Crippen LogP contribution < -0.4 is 5.32 Å². The molecule has 2 aromatic rings. The van der Waals surface area contributed by atoms with Crippen LogP contribution in [0.2, 0.25) is 0 Å². The average molecular weight is 322 g/mol. The second-order valence-electron chi connectivity index (χ2n) is 4.61. The van der Waals surface area contributed by atoms with Gasteiger partial charge in [-0.25, -0.2) is 4.39 Å². The Balaban J connectivity index is 2.21. The molecule has 3 heteroatoms.